The molecule has 25 heavy (non-hydrogen) atoms. The highest BCUT2D eigenvalue weighted by Crippen LogP contribution is 2.19. The lowest BCUT2D eigenvalue weighted by molar-refractivity contribution is -0.132. The molecule has 1 saturated heterocycles. The van der Waals surface area contributed by atoms with Crippen molar-refractivity contribution in [1.29, 1.82) is 0 Å². The topological polar surface area (TPSA) is 92.4 Å². The number of amides is 2. The van der Waals surface area contributed by atoms with Gasteiger partial charge in [0.15, 0.2) is 5.82 Å². The normalized spacial score (nSPS) is 17.5. The Hall–Kier alpha value is -2.29. The summed E-state index contributed by atoms with van der Waals surface area (Å²) < 4.78 is 4.97. The number of hydrogen-bond acceptors (Lipinski definition) is 7. The summed E-state index contributed by atoms with van der Waals surface area (Å²) in [6, 6.07) is 0.00170. The minimum absolute atomic E-state index is 0.00170. The van der Waals surface area contributed by atoms with Gasteiger partial charge in [-0.2, -0.15) is 4.98 Å². The smallest absolute Gasteiger partial charge is 0.273 e. The van der Waals surface area contributed by atoms with Crippen molar-refractivity contribution in [1.82, 2.24) is 24.9 Å². The van der Waals surface area contributed by atoms with Crippen molar-refractivity contribution in [2.75, 3.05) is 19.6 Å². The van der Waals surface area contributed by atoms with E-state index in [1.807, 2.05) is 4.90 Å². The van der Waals surface area contributed by atoms with Crippen LogP contribution in [0.4, 0.5) is 0 Å². The van der Waals surface area contributed by atoms with Crippen molar-refractivity contribution in [2.45, 2.75) is 39.2 Å². The standard InChI is InChI=1S/C16H21N5O3S/c1-11-18-15(19-24-11)5-7-21(12(2)22)13-4-3-6-20(8-13)16(23)14-9-25-10-17-14/h9-10,13H,3-8H2,1-2H3. The number of carbonyl (C=O) groups excluding carboxylic acids is 2. The largest absolute Gasteiger partial charge is 0.340 e. The average Bonchev–Trinajstić information content (AvgIpc) is 3.26. The minimum Gasteiger partial charge on any atom is -0.340 e. The summed E-state index contributed by atoms with van der Waals surface area (Å²) in [7, 11) is 0. The summed E-state index contributed by atoms with van der Waals surface area (Å²) in [6.07, 6.45) is 2.28. The molecule has 1 atom stereocenters. The van der Waals surface area contributed by atoms with Crippen molar-refractivity contribution in [3.63, 3.8) is 0 Å². The Morgan fingerprint density at radius 2 is 2.32 bits per heavy atom. The summed E-state index contributed by atoms with van der Waals surface area (Å²) >= 11 is 1.41. The number of hydrogen-bond donors (Lipinski definition) is 0. The summed E-state index contributed by atoms with van der Waals surface area (Å²) in [5, 5.41) is 5.63. The first-order chi connectivity index (χ1) is 12.0. The predicted molar refractivity (Wildman–Crippen MR) is 91.2 cm³/mol. The predicted octanol–water partition coefficient (Wildman–Crippen LogP) is 1.53. The molecule has 1 aliphatic rings. The van der Waals surface area contributed by atoms with Gasteiger partial charge in [-0.1, -0.05) is 5.16 Å². The zero-order valence-electron chi connectivity index (χ0n) is 14.3. The second kappa shape index (κ2) is 7.73. The number of nitrogens with zero attached hydrogens (tertiary/aromatic N) is 5. The van der Waals surface area contributed by atoms with Crippen LogP contribution in [0.15, 0.2) is 15.4 Å². The molecule has 2 aromatic heterocycles. The molecule has 0 aliphatic carbocycles. The lowest BCUT2D eigenvalue weighted by atomic mass is 10.0. The van der Waals surface area contributed by atoms with Gasteiger partial charge in [0.25, 0.3) is 5.91 Å². The molecule has 3 heterocycles. The highest BCUT2D eigenvalue weighted by Gasteiger charge is 2.30. The van der Waals surface area contributed by atoms with E-state index in [1.165, 1.54) is 11.3 Å². The first-order valence-corrected chi connectivity index (χ1v) is 9.22. The zero-order valence-corrected chi connectivity index (χ0v) is 15.2. The number of carbonyl (C=O) groups is 2. The SMILES string of the molecule is CC(=O)N(CCc1noc(C)n1)C1CCCN(C(=O)c2cscn2)C1. The van der Waals surface area contributed by atoms with Crippen LogP contribution in [-0.2, 0) is 11.2 Å². The third-order valence-corrected chi connectivity index (χ3v) is 4.91. The van der Waals surface area contributed by atoms with Gasteiger partial charge in [0.05, 0.1) is 5.51 Å². The Bertz CT molecular complexity index is 730. The molecule has 0 radical (unpaired) electrons. The van der Waals surface area contributed by atoms with Crippen molar-refractivity contribution in [2.24, 2.45) is 0 Å². The van der Waals surface area contributed by atoms with Gasteiger partial charge in [-0.3, -0.25) is 9.59 Å². The Labute approximate surface area is 149 Å². The molecule has 0 N–H and O–H groups in total. The fourth-order valence-electron chi connectivity index (χ4n) is 3.13. The van der Waals surface area contributed by atoms with Crippen LogP contribution in [0, 0.1) is 6.92 Å². The molecule has 1 fully saturated rings. The van der Waals surface area contributed by atoms with Crippen LogP contribution >= 0.6 is 11.3 Å². The molecule has 134 valence electrons. The number of aromatic nitrogens is 3. The third kappa shape index (κ3) is 4.22. The van der Waals surface area contributed by atoms with Crippen LogP contribution < -0.4 is 0 Å². The van der Waals surface area contributed by atoms with E-state index in [4.69, 9.17) is 4.52 Å². The fourth-order valence-corrected chi connectivity index (χ4v) is 3.66. The van der Waals surface area contributed by atoms with Gasteiger partial charge in [0, 0.05) is 51.3 Å². The highest BCUT2D eigenvalue weighted by atomic mass is 32.1. The van der Waals surface area contributed by atoms with E-state index in [1.54, 1.807) is 29.6 Å². The van der Waals surface area contributed by atoms with Gasteiger partial charge in [0.1, 0.15) is 5.69 Å². The maximum atomic E-state index is 12.5. The Balaban J connectivity index is 1.64. The minimum atomic E-state index is -0.0664. The highest BCUT2D eigenvalue weighted by molar-refractivity contribution is 7.07. The monoisotopic (exact) mass is 363 g/mol. The van der Waals surface area contributed by atoms with Crippen LogP contribution in [0.2, 0.25) is 0 Å². The van der Waals surface area contributed by atoms with Crippen LogP contribution in [-0.4, -0.2) is 62.4 Å². The number of thiazole rings is 1. The van der Waals surface area contributed by atoms with E-state index in [9.17, 15) is 9.59 Å². The Kier molecular flexibility index (Phi) is 5.42. The molecule has 9 heteroatoms. The summed E-state index contributed by atoms with van der Waals surface area (Å²) in [5.74, 6) is 1.04. The number of aryl methyl sites for hydroxylation is 1. The first-order valence-electron chi connectivity index (χ1n) is 8.28. The Morgan fingerprint density at radius 1 is 1.48 bits per heavy atom. The van der Waals surface area contributed by atoms with Crippen LogP contribution in [0.25, 0.3) is 0 Å². The van der Waals surface area contributed by atoms with E-state index in [-0.39, 0.29) is 17.9 Å². The molecule has 2 amide bonds. The molecule has 8 nitrogen and oxygen atoms in total. The van der Waals surface area contributed by atoms with Crippen LogP contribution in [0.1, 0.15) is 42.0 Å². The van der Waals surface area contributed by atoms with Gasteiger partial charge < -0.3 is 14.3 Å². The second-order valence-electron chi connectivity index (χ2n) is 6.11. The number of rotatable bonds is 5. The number of likely N-dealkylation sites (tertiary alicyclic amines) is 1. The van der Waals surface area contributed by atoms with Gasteiger partial charge in [-0.25, -0.2) is 4.98 Å². The van der Waals surface area contributed by atoms with Gasteiger partial charge in [0.2, 0.25) is 11.8 Å². The van der Waals surface area contributed by atoms with E-state index in [0.29, 0.717) is 43.5 Å². The molecule has 0 saturated carbocycles. The van der Waals surface area contributed by atoms with E-state index < -0.39 is 0 Å². The van der Waals surface area contributed by atoms with Crippen LogP contribution in [0.3, 0.4) is 0 Å². The van der Waals surface area contributed by atoms with E-state index in [2.05, 4.69) is 15.1 Å². The van der Waals surface area contributed by atoms with Crippen molar-refractivity contribution in [3.8, 4) is 0 Å². The average molecular weight is 363 g/mol. The second-order valence-corrected chi connectivity index (χ2v) is 6.83. The maximum Gasteiger partial charge on any atom is 0.273 e. The molecule has 1 aliphatic heterocycles. The maximum absolute atomic E-state index is 12.5. The van der Waals surface area contributed by atoms with Crippen molar-refractivity contribution >= 4 is 23.2 Å². The fraction of sp³-hybridized carbons (Fsp3) is 0.562. The summed E-state index contributed by atoms with van der Waals surface area (Å²) in [4.78, 5) is 36.5. The summed E-state index contributed by atoms with van der Waals surface area (Å²) in [6.45, 7) is 5.03. The molecule has 2 aromatic rings. The molecule has 3 rings (SSSR count). The van der Waals surface area contributed by atoms with Gasteiger partial charge in [-0.15, -0.1) is 11.3 Å². The molecule has 0 spiro atoms. The van der Waals surface area contributed by atoms with E-state index >= 15 is 0 Å². The number of piperidine rings is 1. The summed E-state index contributed by atoms with van der Waals surface area (Å²) in [5.41, 5.74) is 2.13. The lowest BCUT2D eigenvalue weighted by Gasteiger charge is -2.38. The zero-order chi connectivity index (χ0) is 17.8. The van der Waals surface area contributed by atoms with Gasteiger partial charge >= 0.3 is 0 Å². The lowest BCUT2D eigenvalue weighted by Crippen LogP contribution is -2.51. The third-order valence-electron chi connectivity index (χ3n) is 4.33. The molecule has 0 aromatic carbocycles. The van der Waals surface area contributed by atoms with Gasteiger partial charge in [-0.05, 0) is 12.8 Å². The van der Waals surface area contributed by atoms with E-state index in [0.717, 1.165) is 12.8 Å². The molecule has 1 unspecified atom stereocenters. The first kappa shape index (κ1) is 17.5. The van der Waals surface area contributed by atoms with Crippen LogP contribution in [0.5, 0.6) is 0 Å². The molecule has 0 bridgehead atoms. The van der Waals surface area contributed by atoms with Crippen molar-refractivity contribution < 1.29 is 14.1 Å². The molecular weight excluding hydrogens is 342 g/mol. The quantitative estimate of drug-likeness (QED) is 0.800. The molecular formula is C16H21N5O3S. The van der Waals surface area contributed by atoms with Crippen molar-refractivity contribution in [3.05, 3.63) is 28.3 Å². The Morgan fingerprint density at radius 3 is 2.96 bits per heavy atom.